The number of aliphatic hydroxyl groups excluding tert-OH is 1. The van der Waals surface area contributed by atoms with Gasteiger partial charge >= 0.3 is 39.5 Å². The fraction of sp³-hybridized carbons (Fsp3) is 0.639. The molecule has 5 unspecified atom stereocenters. The Hall–Kier alpha value is -5.32. The summed E-state index contributed by atoms with van der Waals surface area (Å²) in [5.74, 6) is -2.38. The lowest BCUT2D eigenvalue weighted by molar-refractivity contribution is -0.161. The summed E-state index contributed by atoms with van der Waals surface area (Å²) in [6.45, 7) is 4.37. The Bertz CT molecular complexity index is 2550. The number of phosphoric ester groups is 2. The highest BCUT2D eigenvalue weighted by atomic mass is 31.2. The van der Waals surface area contributed by atoms with E-state index in [1.54, 1.807) is 6.08 Å². The molecule has 0 heterocycles. The molecular weight excluding hydrogens is 1330 g/mol. The first kappa shape index (κ1) is 96.7. The van der Waals surface area contributed by atoms with Crippen molar-refractivity contribution in [2.75, 3.05) is 39.6 Å². The van der Waals surface area contributed by atoms with E-state index in [-0.39, 0.29) is 25.7 Å². The zero-order valence-corrected chi connectivity index (χ0v) is 65.0. The predicted octanol–water partition coefficient (Wildman–Crippen LogP) is 22.4. The van der Waals surface area contributed by atoms with E-state index in [1.165, 1.54) is 19.3 Å². The number of rotatable bonds is 71. The summed E-state index contributed by atoms with van der Waals surface area (Å²) < 4.78 is 68.4. The van der Waals surface area contributed by atoms with Gasteiger partial charge in [-0.15, -0.1) is 0 Å². The molecule has 0 radical (unpaired) electrons. The first-order valence-electron chi connectivity index (χ1n) is 38.7. The Morgan fingerprint density at radius 1 is 0.294 bits per heavy atom. The lowest BCUT2D eigenvalue weighted by Crippen LogP contribution is -2.30. The van der Waals surface area contributed by atoms with Gasteiger partial charge in [0.1, 0.15) is 19.3 Å². The van der Waals surface area contributed by atoms with Crippen LogP contribution in [0.2, 0.25) is 0 Å². The number of ether oxygens (including phenoxy) is 4. The van der Waals surface area contributed by atoms with E-state index >= 15 is 0 Å². The lowest BCUT2D eigenvalue weighted by atomic mass is 10.1. The number of esters is 4. The molecule has 0 spiro atoms. The van der Waals surface area contributed by atoms with Crippen molar-refractivity contribution in [1.82, 2.24) is 0 Å². The molecule has 0 aliphatic rings. The molecule has 0 bridgehead atoms. The highest BCUT2D eigenvalue weighted by Crippen LogP contribution is 2.45. The van der Waals surface area contributed by atoms with Crippen LogP contribution in [0.25, 0.3) is 0 Å². The van der Waals surface area contributed by atoms with Gasteiger partial charge in [-0.3, -0.25) is 37.3 Å². The minimum absolute atomic E-state index is 0.0504. The van der Waals surface area contributed by atoms with Gasteiger partial charge in [0.15, 0.2) is 12.2 Å². The fourth-order valence-corrected chi connectivity index (χ4v) is 11.2. The third kappa shape index (κ3) is 73.0. The zero-order valence-electron chi connectivity index (χ0n) is 63.2. The predicted molar refractivity (Wildman–Crippen MR) is 417 cm³/mol. The van der Waals surface area contributed by atoms with Crippen LogP contribution in [0.15, 0.2) is 158 Å². The first-order chi connectivity index (χ1) is 49.7. The standard InChI is InChI=1S/C83H136O17P2/c1-5-9-13-17-21-25-29-33-36-37-38-39-42-45-48-52-56-60-64-68-81(86)94-73-78(99-82(87)69-65-61-57-53-49-43-32-28-24-20-16-12-8-4)75-97-101(89,90)95-71-77(84)72-96-102(91,92)98-76-79(100-83(88)70-66-62-58-54-50-46-41-35-31-27-23-19-15-11-7-3)74-93-80(85)67-63-59-55-51-47-44-40-34-30-26-22-18-14-10-6-2/h10-11,14-16,20-23,25-28,32-36,38-41,47,51,59,63,77-79,84H,5-9,12-13,17-19,24,29-31,37,42-46,48-50,52-58,60-62,64-76H2,1-4H3,(H,89,90)(H,91,92)/b14-10-,15-11-,20-16-,25-21-,26-22-,27-23-,32-28-,36-33-,39-38-,40-34-,41-35-,51-47-,63-59-. The molecule has 0 saturated heterocycles. The minimum Gasteiger partial charge on any atom is -0.462 e. The van der Waals surface area contributed by atoms with Gasteiger partial charge in [0, 0.05) is 19.3 Å². The number of phosphoric acid groups is 2. The molecule has 0 aromatic heterocycles. The smallest absolute Gasteiger partial charge is 0.462 e. The highest BCUT2D eigenvalue weighted by Gasteiger charge is 2.30. The molecule has 19 heteroatoms. The van der Waals surface area contributed by atoms with E-state index in [1.807, 2.05) is 18.2 Å². The number of carbonyl (C=O) groups excluding carboxylic acids is 4. The van der Waals surface area contributed by atoms with Gasteiger partial charge < -0.3 is 33.8 Å². The molecule has 5 atom stereocenters. The van der Waals surface area contributed by atoms with Crippen LogP contribution in [0.4, 0.5) is 0 Å². The molecule has 0 aliphatic heterocycles. The second-order valence-electron chi connectivity index (χ2n) is 25.2. The highest BCUT2D eigenvalue weighted by molar-refractivity contribution is 7.47. The first-order valence-corrected chi connectivity index (χ1v) is 41.7. The lowest BCUT2D eigenvalue weighted by Gasteiger charge is -2.21. The Morgan fingerprint density at radius 3 is 0.912 bits per heavy atom. The third-order valence-corrected chi connectivity index (χ3v) is 17.4. The maximum Gasteiger partial charge on any atom is 0.472 e. The van der Waals surface area contributed by atoms with Crippen LogP contribution in [0, 0.1) is 0 Å². The van der Waals surface area contributed by atoms with Gasteiger partial charge in [0.05, 0.1) is 32.8 Å². The topological polar surface area (TPSA) is 237 Å². The van der Waals surface area contributed by atoms with Gasteiger partial charge in [-0.05, 0) is 148 Å². The molecular formula is C83H136O17P2. The molecule has 0 rings (SSSR count). The summed E-state index contributed by atoms with van der Waals surface area (Å²) in [7, 11) is -10.0. The van der Waals surface area contributed by atoms with Crippen LogP contribution in [-0.4, -0.2) is 96.7 Å². The fourth-order valence-electron chi connectivity index (χ4n) is 9.65. The number of unbranched alkanes of at least 4 members (excludes halogenated alkanes) is 20. The van der Waals surface area contributed by atoms with E-state index < -0.39 is 97.5 Å². The summed E-state index contributed by atoms with van der Waals surface area (Å²) in [4.78, 5) is 72.9. The summed E-state index contributed by atoms with van der Waals surface area (Å²) in [5.41, 5.74) is 0. The quantitative estimate of drug-likeness (QED) is 0.0169. The van der Waals surface area contributed by atoms with Crippen LogP contribution >= 0.6 is 15.6 Å². The molecule has 0 fully saturated rings. The van der Waals surface area contributed by atoms with Gasteiger partial charge in [0.25, 0.3) is 0 Å². The summed E-state index contributed by atoms with van der Waals surface area (Å²) in [6.07, 6.45) is 85.5. The second-order valence-corrected chi connectivity index (χ2v) is 28.1. The summed E-state index contributed by atoms with van der Waals surface area (Å²) in [6, 6.07) is 0. The molecule has 580 valence electrons. The average Bonchev–Trinajstić information content (AvgIpc) is 0.919. The van der Waals surface area contributed by atoms with Crippen molar-refractivity contribution in [3.8, 4) is 0 Å². The van der Waals surface area contributed by atoms with Crippen molar-refractivity contribution >= 4 is 39.5 Å². The molecule has 102 heavy (non-hydrogen) atoms. The van der Waals surface area contributed by atoms with E-state index in [4.69, 9.17) is 37.0 Å². The maximum atomic E-state index is 13.1. The molecule has 0 aliphatic carbocycles. The van der Waals surface area contributed by atoms with E-state index in [0.29, 0.717) is 25.7 Å². The molecule has 0 saturated carbocycles. The van der Waals surface area contributed by atoms with Gasteiger partial charge in [-0.1, -0.05) is 269 Å². The number of hydrogen-bond donors (Lipinski definition) is 3. The summed E-state index contributed by atoms with van der Waals surface area (Å²) in [5, 5.41) is 10.6. The van der Waals surface area contributed by atoms with Crippen LogP contribution in [0.5, 0.6) is 0 Å². The number of aliphatic hydroxyl groups is 1. The third-order valence-electron chi connectivity index (χ3n) is 15.5. The molecule has 0 aromatic rings. The van der Waals surface area contributed by atoms with Gasteiger partial charge in [-0.25, -0.2) is 9.13 Å². The molecule has 0 amide bonds. The van der Waals surface area contributed by atoms with E-state index in [0.717, 1.165) is 186 Å². The van der Waals surface area contributed by atoms with Crippen LogP contribution < -0.4 is 0 Å². The molecule has 17 nitrogen and oxygen atoms in total. The van der Waals surface area contributed by atoms with Gasteiger partial charge in [-0.2, -0.15) is 0 Å². The van der Waals surface area contributed by atoms with E-state index in [2.05, 4.69) is 161 Å². The monoisotopic (exact) mass is 1470 g/mol. The van der Waals surface area contributed by atoms with Crippen LogP contribution in [0.3, 0.4) is 0 Å². The molecule has 3 N–H and O–H groups in total. The Kier molecular flexibility index (Phi) is 70.1. The van der Waals surface area contributed by atoms with Crippen molar-refractivity contribution in [1.29, 1.82) is 0 Å². The SMILES string of the molecule is CC/C=C\C/C=C\C/C=C\C/C=C\C/C=C\CC(=O)OCC(COP(=O)(O)OCC(O)COP(=O)(O)OCC(COC(=O)CCCCCCCC/C=C\C/C=C\C/C=C\CCCCC)OC(=O)CCCCCCC/C=C\C/C=C\CCC)OC(=O)CCCCCCC/C=C\C/C=C\C/C=C\CC. The Morgan fingerprint density at radius 2 is 0.569 bits per heavy atom. The van der Waals surface area contributed by atoms with Crippen molar-refractivity contribution in [2.24, 2.45) is 0 Å². The Balaban J connectivity index is 5.44. The van der Waals surface area contributed by atoms with Crippen LogP contribution in [0.1, 0.15) is 285 Å². The van der Waals surface area contributed by atoms with Crippen molar-refractivity contribution in [3.63, 3.8) is 0 Å². The Labute approximate surface area is 617 Å². The van der Waals surface area contributed by atoms with Crippen molar-refractivity contribution < 1.29 is 80.2 Å². The summed E-state index contributed by atoms with van der Waals surface area (Å²) >= 11 is 0. The number of allylic oxidation sites excluding steroid dienone is 25. The number of carbonyl (C=O) groups is 4. The van der Waals surface area contributed by atoms with Crippen LogP contribution in [-0.2, 0) is 65.4 Å². The molecule has 0 aromatic carbocycles. The van der Waals surface area contributed by atoms with Crippen molar-refractivity contribution in [2.45, 2.75) is 303 Å². The number of hydrogen-bond acceptors (Lipinski definition) is 15. The second kappa shape index (κ2) is 74.0. The largest absolute Gasteiger partial charge is 0.472 e. The average molecular weight is 1470 g/mol. The van der Waals surface area contributed by atoms with E-state index in [9.17, 15) is 43.2 Å². The normalized spacial score (nSPS) is 14.8. The zero-order chi connectivity index (χ0) is 74.6. The van der Waals surface area contributed by atoms with Gasteiger partial charge in [0.2, 0.25) is 0 Å². The van der Waals surface area contributed by atoms with Crippen molar-refractivity contribution in [3.05, 3.63) is 158 Å². The maximum absolute atomic E-state index is 13.1. The minimum atomic E-state index is -5.01.